The monoisotopic (exact) mass is 436 g/mol. The summed E-state index contributed by atoms with van der Waals surface area (Å²) < 4.78 is 10.9. The molecule has 0 amide bonds. The molecule has 32 heavy (non-hydrogen) atoms. The normalized spacial score (nSPS) is 26.0. The minimum atomic E-state index is -0.596. The molecule has 2 aliphatic heterocycles. The van der Waals surface area contributed by atoms with Crippen LogP contribution in [0.2, 0.25) is 0 Å². The molecule has 0 unspecified atom stereocenters. The lowest BCUT2D eigenvalue weighted by atomic mass is 10.0. The number of fused-ring (bicyclic) bond motifs is 1. The highest BCUT2D eigenvalue weighted by atomic mass is 16.6. The molecule has 6 nitrogen and oxygen atoms in total. The third-order valence-corrected chi connectivity index (χ3v) is 6.24. The maximum atomic E-state index is 13.3. The zero-order valence-corrected chi connectivity index (χ0v) is 19.2. The second-order valence-corrected chi connectivity index (χ2v) is 9.62. The zero-order valence-electron chi connectivity index (χ0n) is 19.2. The predicted octanol–water partition coefficient (Wildman–Crippen LogP) is 3.77. The topological polar surface area (TPSA) is 59.1 Å². The lowest BCUT2D eigenvalue weighted by molar-refractivity contribution is -0.161. The first-order valence-corrected chi connectivity index (χ1v) is 11.2. The number of methoxy groups -OCH3 is 1. The standard InChI is InChI=1S/C26H32N2O4/c1-26(2,3)32-25(30)21-15-20(24(29)31-4)23-27(16-18-11-7-5-8-12-18)17-22(28(21)23)19-13-9-6-10-14-19/h5-14,20-23H,15-17H2,1-4H3/t20-,21+,22-,23+/m0/s1. The zero-order chi connectivity index (χ0) is 22.9. The van der Waals surface area contributed by atoms with Gasteiger partial charge in [0.1, 0.15) is 11.6 Å². The maximum Gasteiger partial charge on any atom is 0.323 e. The van der Waals surface area contributed by atoms with Gasteiger partial charge in [0.25, 0.3) is 0 Å². The first kappa shape index (κ1) is 22.5. The van der Waals surface area contributed by atoms with Crippen LogP contribution in [0, 0.1) is 5.92 Å². The summed E-state index contributed by atoms with van der Waals surface area (Å²) in [6.07, 6.45) is 0.159. The van der Waals surface area contributed by atoms with Gasteiger partial charge in [-0.2, -0.15) is 0 Å². The Hall–Kier alpha value is -2.70. The number of rotatable bonds is 5. The van der Waals surface area contributed by atoms with Gasteiger partial charge in [-0.3, -0.25) is 19.4 Å². The van der Waals surface area contributed by atoms with Crippen molar-refractivity contribution >= 4 is 11.9 Å². The molecule has 170 valence electrons. The highest BCUT2D eigenvalue weighted by molar-refractivity contribution is 5.81. The second kappa shape index (κ2) is 9.04. The summed E-state index contributed by atoms with van der Waals surface area (Å²) >= 11 is 0. The van der Waals surface area contributed by atoms with E-state index in [1.165, 1.54) is 12.7 Å². The lowest BCUT2D eigenvalue weighted by Gasteiger charge is -2.32. The summed E-state index contributed by atoms with van der Waals surface area (Å²) in [5, 5.41) is 0. The van der Waals surface area contributed by atoms with Crippen molar-refractivity contribution in [1.82, 2.24) is 9.80 Å². The minimum Gasteiger partial charge on any atom is -0.469 e. The summed E-state index contributed by atoms with van der Waals surface area (Å²) in [7, 11) is 1.42. The molecule has 4 rings (SSSR count). The van der Waals surface area contributed by atoms with E-state index in [0.717, 1.165) is 12.1 Å². The Morgan fingerprint density at radius 3 is 2.19 bits per heavy atom. The van der Waals surface area contributed by atoms with Crippen LogP contribution in [-0.4, -0.2) is 53.2 Å². The molecule has 0 aromatic heterocycles. The van der Waals surface area contributed by atoms with Gasteiger partial charge in [-0.05, 0) is 38.3 Å². The fourth-order valence-corrected chi connectivity index (χ4v) is 5.03. The molecule has 0 bridgehead atoms. The van der Waals surface area contributed by atoms with Gasteiger partial charge in [-0.25, -0.2) is 0 Å². The Morgan fingerprint density at radius 2 is 1.59 bits per heavy atom. The molecule has 2 fully saturated rings. The van der Waals surface area contributed by atoms with E-state index >= 15 is 0 Å². The average Bonchev–Trinajstić information content (AvgIpc) is 3.33. The molecule has 2 saturated heterocycles. The van der Waals surface area contributed by atoms with E-state index in [0.29, 0.717) is 13.0 Å². The molecule has 4 atom stereocenters. The third-order valence-electron chi connectivity index (χ3n) is 6.24. The smallest absolute Gasteiger partial charge is 0.323 e. The van der Waals surface area contributed by atoms with Gasteiger partial charge in [0.05, 0.1) is 19.2 Å². The fourth-order valence-electron chi connectivity index (χ4n) is 5.03. The summed E-state index contributed by atoms with van der Waals surface area (Å²) in [4.78, 5) is 30.6. The number of carbonyl (C=O) groups excluding carboxylic acids is 2. The summed E-state index contributed by atoms with van der Waals surface area (Å²) in [5.41, 5.74) is 1.71. The fraction of sp³-hybridized carbons (Fsp3) is 0.462. The van der Waals surface area contributed by atoms with Crippen LogP contribution in [0.1, 0.15) is 44.4 Å². The van der Waals surface area contributed by atoms with Gasteiger partial charge in [-0.1, -0.05) is 60.7 Å². The highest BCUT2D eigenvalue weighted by Gasteiger charge is 2.57. The Balaban J connectivity index is 1.73. The van der Waals surface area contributed by atoms with Crippen molar-refractivity contribution in [2.75, 3.05) is 13.7 Å². The number of esters is 2. The van der Waals surface area contributed by atoms with Crippen LogP contribution in [0.4, 0.5) is 0 Å². The van der Waals surface area contributed by atoms with Gasteiger partial charge in [0.15, 0.2) is 0 Å². The third kappa shape index (κ3) is 4.57. The van der Waals surface area contributed by atoms with Gasteiger partial charge in [-0.15, -0.1) is 0 Å². The van der Waals surface area contributed by atoms with Crippen LogP contribution >= 0.6 is 0 Å². The van der Waals surface area contributed by atoms with E-state index in [2.05, 4.69) is 34.1 Å². The number of nitrogens with zero attached hydrogens (tertiary/aromatic N) is 2. The summed E-state index contributed by atoms with van der Waals surface area (Å²) in [6.45, 7) is 7.02. The number of hydrogen-bond acceptors (Lipinski definition) is 6. The number of ether oxygens (including phenoxy) is 2. The predicted molar refractivity (Wildman–Crippen MR) is 121 cm³/mol. The van der Waals surface area contributed by atoms with E-state index in [1.807, 2.05) is 57.2 Å². The molecule has 2 aliphatic rings. The molecule has 2 heterocycles. The second-order valence-electron chi connectivity index (χ2n) is 9.62. The molecule has 0 radical (unpaired) electrons. The summed E-state index contributed by atoms with van der Waals surface area (Å²) in [6, 6.07) is 19.9. The molecular formula is C26H32N2O4. The van der Waals surface area contributed by atoms with Crippen LogP contribution in [0.5, 0.6) is 0 Å². The Bertz CT molecular complexity index is 941. The van der Waals surface area contributed by atoms with Crippen LogP contribution in [0.3, 0.4) is 0 Å². The first-order chi connectivity index (χ1) is 15.3. The van der Waals surface area contributed by atoms with E-state index in [1.54, 1.807) is 0 Å². The van der Waals surface area contributed by atoms with Gasteiger partial charge >= 0.3 is 11.9 Å². The molecular weight excluding hydrogens is 404 g/mol. The van der Waals surface area contributed by atoms with Crippen molar-refractivity contribution in [3.05, 3.63) is 71.8 Å². The quantitative estimate of drug-likeness (QED) is 0.665. The molecule has 2 aromatic carbocycles. The molecule has 2 aromatic rings. The Labute approximate surface area is 190 Å². The van der Waals surface area contributed by atoms with Gasteiger partial charge < -0.3 is 9.47 Å². The minimum absolute atomic E-state index is 0.0166. The van der Waals surface area contributed by atoms with Crippen LogP contribution in [-0.2, 0) is 25.6 Å². The lowest BCUT2D eigenvalue weighted by Crippen LogP contribution is -2.45. The van der Waals surface area contributed by atoms with Crippen LogP contribution in [0.25, 0.3) is 0 Å². The highest BCUT2D eigenvalue weighted by Crippen LogP contribution is 2.46. The molecule has 0 saturated carbocycles. The molecule has 0 N–H and O–H groups in total. The number of hydrogen-bond donors (Lipinski definition) is 0. The molecule has 0 aliphatic carbocycles. The van der Waals surface area contributed by atoms with Crippen LogP contribution in [0.15, 0.2) is 60.7 Å². The van der Waals surface area contributed by atoms with Crippen molar-refractivity contribution in [3.8, 4) is 0 Å². The Kier molecular flexibility index (Phi) is 6.35. The maximum absolute atomic E-state index is 13.3. The molecule has 0 spiro atoms. The van der Waals surface area contributed by atoms with Gasteiger partial charge in [0, 0.05) is 19.1 Å². The molecule has 6 heteroatoms. The number of benzene rings is 2. The number of carbonyl (C=O) groups is 2. The summed E-state index contributed by atoms with van der Waals surface area (Å²) in [5.74, 6) is -0.982. The average molecular weight is 437 g/mol. The largest absolute Gasteiger partial charge is 0.469 e. The van der Waals surface area contributed by atoms with E-state index in [-0.39, 0.29) is 24.1 Å². The van der Waals surface area contributed by atoms with E-state index < -0.39 is 17.6 Å². The van der Waals surface area contributed by atoms with E-state index in [9.17, 15) is 9.59 Å². The van der Waals surface area contributed by atoms with Crippen LogP contribution < -0.4 is 0 Å². The van der Waals surface area contributed by atoms with Gasteiger partial charge in [0.2, 0.25) is 0 Å². The van der Waals surface area contributed by atoms with Crippen molar-refractivity contribution in [2.45, 2.75) is 57.6 Å². The Morgan fingerprint density at radius 1 is 0.969 bits per heavy atom. The van der Waals surface area contributed by atoms with Crippen molar-refractivity contribution in [1.29, 1.82) is 0 Å². The van der Waals surface area contributed by atoms with Crippen molar-refractivity contribution < 1.29 is 19.1 Å². The SMILES string of the molecule is COC(=O)[C@H]1C[C@H](C(=O)OC(C)(C)C)N2[C@H]1N(Cc1ccccc1)C[C@H]2c1ccccc1. The van der Waals surface area contributed by atoms with Crippen molar-refractivity contribution in [3.63, 3.8) is 0 Å². The first-order valence-electron chi connectivity index (χ1n) is 11.2. The van der Waals surface area contributed by atoms with Crippen molar-refractivity contribution in [2.24, 2.45) is 5.92 Å². The van der Waals surface area contributed by atoms with E-state index in [4.69, 9.17) is 9.47 Å².